The fraction of sp³-hybridized carbons (Fsp3) is 0.143. The van der Waals surface area contributed by atoms with Crippen molar-refractivity contribution in [2.24, 2.45) is 0 Å². The molecule has 0 aliphatic rings. The van der Waals surface area contributed by atoms with Crippen LogP contribution >= 0.6 is 11.3 Å². The number of methoxy groups -OCH3 is 1. The average Bonchev–Trinajstić information content (AvgIpc) is 2.90. The van der Waals surface area contributed by atoms with Crippen LogP contribution in [0, 0.1) is 0 Å². The fourth-order valence-corrected chi connectivity index (χ4v) is 2.67. The summed E-state index contributed by atoms with van der Waals surface area (Å²) in [4.78, 5) is 21.0. The van der Waals surface area contributed by atoms with E-state index in [1.54, 1.807) is 25.6 Å². The zero-order valence-electron chi connectivity index (χ0n) is 11.3. The SMILES string of the molecule is COCc1nn2c(=O)cc(/C=C/c3cccnc3)nc2s1. The number of hydrogen-bond acceptors (Lipinski definition) is 6. The molecule has 106 valence electrons. The van der Waals surface area contributed by atoms with Crippen molar-refractivity contribution in [2.45, 2.75) is 6.61 Å². The maximum Gasteiger partial charge on any atom is 0.275 e. The molecule has 3 heterocycles. The van der Waals surface area contributed by atoms with Crippen molar-refractivity contribution in [3.63, 3.8) is 0 Å². The lowest BCUT2D eigenvalue weighted by atomic mass is 10.2. The molecule has 0 spiro atoms. The molecule has 0 aliphatic carbocycles. The Morgan fingerprint density at radius 2 is 2.33 bits per heavy atom. The van der Waals surface area contributed by atoms with Gasteiger partial charge in [-0.15, -0.1) is 0 Å². The van der Waals surface area contributed by atoms with Crippen LogP contribution in [0.3, 0.4) is 0 Å². The van der Waals surface area contributed by atoms with E-state index in [1.165, 1.54) is 21.9 Å². The van der Waals surface area contributed by atoms with Crippen molar-refractivity contribution in [1.29, 1.82) is 0 Å². The minimum Gasteiger partial charge on any atom is -0.377 e. The van der Waals surface area contributed by atoms with Gasteiger partial charge in [0, 0.05) is 25.6 Å². The number of hydrogen-bond donors (Lipinski definition) is 0. The number of fused-ring (bicyclic) bond motifs is 1. The van der Waals surface area contributed by atoms with Gasteiger partial charge in [-0.25, -0.2) is 4.98 Å². The molecule has 0 amide bonds. The first-order valence-electron chi connectivity index (χ1n) is 6.23. The van der Waals surface area contributed by atoms with E-state index in [-0.39, 0.29) is 5.56 Å². The third-order valence-corrected chi connectivity index (χ3v) is 3.59. The molecule has 7 heteroatoms. The van der Waals surface area contributed by atoms with E-state index in [4.69, 9.17) is 4.74 Å². The molecule has 3 aromatic rings. The van der Waals surface area contributed by atoms with Crippen molar-refractivity contribution >= 4 is 28.4 Å². The standard InChI is InChI=1S/C14H12N4O2S/c1-20-9-12-17-18-13(19)7-11(16-14(18)21-12)5-4-10-3-2-6-15-8-10/h2-8H,9H2,1H3/b5-4+. The molecule has 0 saturated carbocycles. The second-order valence-electron chi connectivity index (χ2n) is 4.26. The summed E-state index contributed by atoms with van der Waals surface area (Å²) in [6.07, 6.45) is 7.10. The van der Waals surface area contributed by atoms with Crippen molar-refractivity contribution < 1.29 is 4.74 Å². The summed E-state index contributed by atoms with van der Waals surface area (Å²) in [5, 5.41) is 4.88. The van der Waals surface area contributed by atoms with Gasteiger partial charge in [0.25, 0.3) is 5.56 Å². The van der Waals surface area contributed by atoms with Gasteiger partial charge in [0.1, 0.15) is 5.01 Å². The first-order valence-corrected chi connectivity index (χ1v) is 7.05. The molecule has 6 nitrogen and oxygen atoms in total. The maximum absolute atomic E-state index is 12.0. The molecule has 3 rings (SSSR count). The number of ether oxygens (including phenoxy) is 1. The Balaban J connectivity index is 1.96. The molecule has 21 heavy (non-hydrogen) atoms. The van der Waals surface area contributed by atoms with Gasteiger partial charge in [-0.05, 0) is 17.7 Å². The lowest BCUT2D eigenvalue weighted by molar-refractivity contribution is 0.183. The summed E-state index contributed by atoms with van der Waals surface area (Å²) < 4.78 is 6.31. The van der Waals surface area contributed by atoms with E-state index < -0.39 is 0 Å². The van der Waals surface area contributed by atoms with E-state index in [0.717, 1.165) is 10.6 Å². The van der Waals surface area contributed by atoms with Gasteiger partial charge in [-0.1, -0.05) is 23.5 Å². The smallest absolute Gasteiger partial charge is 0.275 e. The van der Waals surface area contributed by atoms with Crippen molar-refractivity contribution in [2.75, 3.05) is 7.11 Å². The van der Waals surface area contributed by atoms with Gasteiger partial charge in [0.2, 0.25) is 4.96 Å². The molecule has 0 atom stereocenters. The second kappa shape index (κ2) is 5.94. The van der Waals surface area contributed by atoms with Gasteiger partial charge < -0.3 is 4.74 Å². The summed E-state index contributed by atoms with van der Waals surface area (Å²) in [7, 11) is 1.59. The van der Waals surface area contributed by atoms with Crippen LogP contribution in [0.4, 0.5) is 0 Å². The van der Waals surface area contributed by atoms with Crippen LogP contribution in [0.15, 0.2) is 35.4 Å². The highest BCUT2D eigenvalue weighted by Crippen LogP contribution is 2.13. The van der Waals surface area contributed by atoms with Crippen molar-refractivity contribution in [3.8, 4) is 0 Å². The maximum atomic E-state index is 12.0. The van der Waals surface area contributed by atoms with Crippen LogP contribution in [0.2, 0.25) is 0 Å². The molecule has 0 radical (unpaired) electrons. The van der Waals surface area contributed by atoms with Gasteiger partial charge in [-0.2, -0.15) is 9.61 Å². The summed E-state index contributed by atoms with van der Waals surface area (Å²) >= 11 is 1.34. The monoisotopic (exact) mass is 300 g/mol. The lowest BCUT2D eigenvalue weighted by Crippen LogP contribution is -2.14. The van der Waals surface area contributed by atoms with E-state index in [0.29, 0.717) is 17.3 Å². The van der Waals surface area contributed by atoms with Crippen LogP contribution in [-0.4, -0.2) is 26.7 Å². The Kier molecular flexibility index (Phi) is 3.85. The van der Waals surface area contributed by atoms with Crippen molar-refractivity contribution in [3.05, 3.63) is 57.2 Å². The third-order valence-electron chi connectivity index (χ3n) is 2.71. The van der Waals surface area contributed by atoms with E-state index in [9.17, 15) is 4.79 Å². The quantitative estimate of drug-likeness (QED) is 0.735. The summed E-state index contributed by atoms with van der Waals surface area (Å²) in [6.45, 7) is 0.369. The second-order valence-corrected chi connectivity index (χ2v) is 5.30. The van der Waals surface area contributed by atoms with Crippen LogP contribution < -0.4 is 5.56 Å². The topological polar surface area (TPSA) is 69.4 Å². The Labute approximate surface area is 124 Å². The number of nitrogens with zero attached hydrogens (tertiary/aromatic N) is 4. The number of aromatic nitrogens is 4. The van der Waals surface area contributed by atoms with Crippen LogP contribution in [-0.2, 0) is 11.3 Å². The minimum absolute atomic E-state index is 0.204. The zero-order valence-corrected chi connectivity index (χ0v) is 12.1. The normalized spacial score (nSPS) is 11.5. The van der Waals surface area contributed by atoms with Crippen molar-refractivity contribution in [1.82, 2.24) is 19.6 Å². The molecule has 0 unspecified atom stereocenters. The lowest BCUT2D eigenvalue weighted by Gasteiger charge is -1.94. The molecular weight excluding hydrogens is 288 g/mol. The summed E-state index contributed by atoms with van der Waals surface area (Å²) in [6, 6.07) is 5.24. The minimum atomic E-state index is -0.204. The number of rotatable bonds is 4. The predicted octanol–water partition coefficient (Wildman–Crippen LogP) is 1.86. The molecule has 0 N–H and O–H groups in total. The molecular formula is C14H12N4O2S. The molecule has 0 fully saturated rings. The number of pyridine rings is 1. The third kappa shape index (κ3) is 3.04. The van der Waals surface area contributed by atoms with Gasteiger partial charge in [0.05, 0.1) is 12.3 Å². The highest BCUT2D eigenvalue weighted by molar-refractivity contribution is 7.16. The largest absolute Gasteiger partial charge is 0.377 e. The van der Waals surface area contributed by atoms with E-state index in [1.807, 2.05) is 18.2 Å². The van der Waals surface area contributed by atoms with Crippen LogP contribution in [0.25, 0.3) is 17.1 Å². The highest BCUT2D eigenvalue weighted by Gasteiger charge is 2.07. The van der Waals surface area contributed by atoms with Gasteiger partial charge in [0.15, 0.2) is 0 Å². The Morgan fingerprint density at radius 1 is 1.43 bits per heavy atom. The summed E-state index contributed by atoms with van der Waals surface area (Å²) in [5.74, 6) is 0. The van der Waals surface area contributed by atoms with E-state index >= 15 is 0 Å². The van der Waals surface area contributed by atoms with Gasteiger partial charge in [-0.3, -0.25) is 9.78 Å². The Hall–Kier alpha value is -2.38. The Bertz CT molecular complexity index is 839. The zero-order chi connectivity index (χ0) is 14.7. The highest BCUT2D eigenvalue weighted by atomic mass is 32.1. The van der Waals surface area contributed by atoms with Gasteiger partial charge >= 0.3 is 0 Å². The average molecular weight is 300 g/mol. The Morgan fingerprint density at radius 3 is 3.10 bits per heavy atom. The molecule has 0 bridgehead atoms. The fourth-order valence-electron chi connectivity index (χ4n) is 1.79. The first-order chi connectivity index (χ1) is 10.3. The summed E-state index contributed by atoms with van der Waals surface area (Å²) in [5.41, 5.74) is 1.34. The van der Waals surface area contributed by atoms with Crippen LogP contribution in [0.1, 0.15) is 16.3 Å². The van der Waals surface area contributed by atoms with Crippen LogP contribution in [0.5, 0.6) is 0 Å². The van der Waals surface area contributed by atoms with E-state index in [2.05, 4.69) is 15.1 Å². The molecule has 0 saturated heterocycles. The molecule has 3 aromatic heterocycles. The first kappa shape index (κ1) is 13.6. The molecule has 0 aromatic carbocycles. The predicted molar refractivity (Wildman–Crippen MR) is 81.0 cm³/mol. The molecule has 0 aliphatic heterocycles.